The lowest BCUT2D eigenvalue weighted by atomic mass is 9.93. The summed E-state index contributed by atoms with van der Waals surface area (Å²) >= 11 is 12.4. The summed E-state index contributed by atoms with van der Waals surface area (Å²) in [6.07, 6.45) is 2.11. The second-order valence-corrected chi connectivity index (χ2v) is 8.30. The lowest BCUT2D eigenvalue weighted by molar-refractivity contribution is 0.0218. The van der Waals surface area contributed by atoms with Gasteiger partial charge < -0.3 is 30.1 Å². The Morgan fingerprint density at radius 2 is 2.07 bits per heavy atom. The molecule has 1 unspecified atom stereocenters. The number of benzene rings is 1. The van der Waals surface area contributed by atoms with Crippen molar-refractivity contribution in [3.05, 3.63) is 21.7 Å². The molecule has 0 radical (unpaired) electrons. The van der Waals surface area contributed by atoms with Crippen molar-refractivity contribution in [3.63, 3.8) is 0 Å². The van der Waals surface area contributed by atoms with Crippen LogP contribution in [0, 0.1) is 5.92 Å². The van der Waals surface area contributed by atoms with Crippen LogP contribution in [0.15, 0.2) is 6.07 Å². The average molecular weight is 446 g/mol. The molecule has 29 heavy (non-hydrogen) atoms. The molecule has 9 heteroatoms. The minimum absolute atomic E-state index is 0.0121. The maximum atomic E-state index is 12.8. The summed E-state index contributed by atoms with van der Waals surface area (Å²) in [7, 11) is 1.94. The molecule has 0 aliphatic carbocycles. The first-order chi connectivity index (χ1) is 14.0. The highest BCUT2D eigenvalue weighted by Crippen LogP contribution is 2.44. The number of ether oxygens (including phenoxy) is 2. The van der Waals surface area contributed by atoms with Crippen molar-refractivity contribution in [2.24, 2.45) is 5.92 Å². The molecule has 2 heterocycles. The van der Waals surface area contributed by atoms with E-state index in [0.29, 0.717) is 49.8 Å². The molecule has 1 amide bonds. The van der Waals surface area contributed by atoms with E-state index in [0.717, 1.165) is 32.5 Å². The van der Waals surface area contributed by atoms with Gasteiger partial charge in [0, 0.05) is 25.4 Å². The number of rotatable bonds is 7. The number of hydrogen-bond donors (Lipinski definition) is 3. The van der Waals surface area contributed by atoms with Crippen molar-refractivity contribution < 1.29 is 19.4 Å². The molecule has 1 saturated heterocycles. The number of fused-ring (bicyclic) bond motifs is 1. The number of nitrogens with one attached hydrogen (secondary N) is 2. The zero-order chi connectivity index (χ0) is 20.8. The van der Waals surface area contributed by atoms with Crippen LogP contribution >= 0.6 is 23.2 Å². The van der Waals surface area contributed by atoms with Gasteiger partial charge >= 0.3 is 0 Å². The highest BCUT2D eigenvalue weighted by molar-refractivity contribution is 6.43. The van der Waals surface area contributed by atoms with Gasteiger partial charge in [0.25, 0.3) is 5.91 Å². The molecule has 2 atom stereocenters. The second-order valence-electron chi connectivity index (χ2n) is 7.51. The Kier molecular flexibility index (Phi) is 8.26. The fraction of sp³-hybridized carbons (Fsp3) is 0.650. The molecule has 3 N–H and O–H groups in total. The summed E-state index contributed by atoms with van der Waals surface area (Å²) in [4.78, 5) is 15.1. The monoisotopic (exact) mass is 445 g/mol. The van der Waals surface area contributed by atoms with Crippen LogP contribution in [0.2, 0.25) is 10.0 Å². The van der Waals surface area contributed by atoms with E-state index in [1.54, 1.807) is 0 Å². The highest BCUT2D eigenvalue weighted by atomic mass is 35.5. The van der Waals surface area contributed by atoms with Gasteiger partial charge in [-0.1, -0.05) is 23.2 Å². The SMILES string of the molecule is CNCCCN1CC[C@@H](CNC(=O)c2cc(Cl)c(Cl)c3c2OCCCO3)C(O)C1. The molecule has 3 rings (SSSR count). The van der Waals surface area contributed by atoms with Crippen LogP contribution in [0.5, 0.6) is 11.5 Å². The molecule has 0 bridgehead atoms. The van der Waals surface area contributed by atoms with E-state index in [4.69, 9.17) is 32.7 Å². The van der Waals surface area contributed by atoms with Crippen LogP contribution in [0.4, 0.5) is 0 Å². The number of amides is 1. The number of carbonyl (C=O) groups is 1. The molecule has 2 aliphatic heterocycles. The van der Waals surface area contributed by atoms with Crippen LogP contribution in [-0.2, 0) is 0 Å². The molecule has 7 nitrogen and oxygen atoms in total. The lowest BCUT2D eigenvalue weighted by Crippen LogP contribution is -2.48. The number of hydrogen-bond acceptors (Lipinski definition) is 6. The smallest absolute Gasteiger partial charge is 0.255 e. The first-order valence-corrected chi connectivity index (χ1v) is 10.9. The van der Waals surface area contributed by atoms with Crippen LogP contribution in [0.25, 0.3) is 0 Å². The Morgan fingerprint density at radius 3 is 2.79 bits per heavy atom. The van der Waals surface area contributed by atoms with Gasteiger partial charge in [-0.05, 0) is 45.6 Å². The van der Waals surface area contributed by atoms with E-state index in [1.165, 1.54) is 6.07 Å². The minimum Gasteiger partial charge on any atom is -0.489 e. The third-order valence-electron chi connectivity index (χ3n) is 5.39. The lowest BCUT2D eigenvalue weighted by Gasteiger charge is -2.36. The van der Waals surface area contributed by atoms with Crippen LogP contribution < -0.4 is 20.1 Å². The highest BCUT2D eigenvalue weighted by Gasteiger charge is 2.29. The number of likely N-dealkylation sites (tertiary alicyclic amines) is 1. The average Bonchev–Trinajstić information content (AvgIpc) is 2.96. The van der Waals surface area contributed by atoms with Gasteiger partial charge in [-0.2, -0.15) is 0 Å². The van der Waals surface area contributed by atoms with Crippen LogP contribution in [0.1, 0.15) is 29.6 Å². The van der Waals surface area contributed by atoms with E-state index in [1.807, 2.05) is 7.05 Å². The van der Waals surface area contributed by atoms with E-state index < -0.39 is 6.10 Å². The summed E-state index contributed by atoms with van der Waals surface area (Å²) in [6, 6.07) is 1.51. The number of nitrogens with zero attached hydrogens (tertiary/aromatic N) is 1. The Hall–Kier alpha value is -1.25. The van der Waals surface area contributed by atoms with Gasteiger partial charge in [-0.3, -0.25) is 4.79 Å². The predicted molar refractivity (Wildman–Crippen MR) is 113 cm³/mol. The summed E-state index contributed by atoms with van der Waals surface area (Å²) in [6.45, 7) is 4.75. The summed E-state index contributed by atoms with van der Waals surface area (Å²) in [5, 5.41) is 17.0. The number of β-amino-alcohol motifs (C(OH)–C–C–N with tert-alkyl or cyclic N) is 1. The number of piperidine rings is 1. The summed E-state index contributed by atoms with van der Waals surface area (Å²) in [5.74, 6) is 0.345. The van der Waals surface area contributed by atoms with E-state index in [9.17, 15) is 9.90 Å². The van der Waals surface area contributed by atoms with Crippen LogP contribution in [-0.4, -0.2) is 75.0 Å². The van der Waals surface area contributed by atoms with Crippen molar-refractivity contribution in [2.45, 2.75) is 25.4 Å². The predicted octanol–water partition coefficient (Wildman–Crippen LogP) is 2.18. The fourth-order valence-corrected chi connectivity index (χ4v) is 4.11. The Morgan fingerprint density at radius 1 is 1.31 bits per heavy atom. The maximum Gasteiger partial charge on any atom is 0.255 e. The normalized spacial score (nSPS) is 22.2. The summed E-state index contributed by atoms with van der Waals surface area (Å²) in [5.41, 5.74) is 0.301. The molecule has 0 spiro atoms. The van der Waals surface area contributed by atoms with Crippen molar-refractivity contribution >= 4 is 29.1 Å². The number of carbonyl (C=O) groups excluding carboxylic acids is 1. The first kappa shape index (κ1) is 22.4. The standard InChI is InChI=1S/C20H29Cl2N3O4/c1-23-5-2-6-25-7-4-13(16(26)12-25)11-24-20(27)14-10-15(21)17(22)19-18(14)28-8-3-9-29-19/h10,13,16,23,26H,2-9,11-12H2,1H3,(H,24,27)/t13-,16?/m0/s1. The van der Waals surface area contributed by atoms with Crippen molar-refractivity contribution in [3.8, 4) is 11.5 Å². The van der Waals surface area contributed by atoms with Gasteiger partial charge in [0.2, 0.25) is 0 Å². The largest absolute Gasteiger partial charge is 0.489 e. The molecule has 2 aliphatic rings. The van der Waals surface area contributed by atoms with Gasteiger partial charge in [0.05, 0.1) is 29.9 Å². The zero-order valence-electron chi connectivity index (χ0n) is 16.7. The quantitative estimate of drug-likeness (QED) is 0.557. The molecule has 1 aromatic rings. The van der Waals surface area contributed by atoms with Gasteiger partial charge in [-0.15, -0.1) is 0 Å². The first-order valence-electron chi connectivity index (χ1n) is 10.1. The third kappa shape index (κ3) is 5.67. The van der Waals surface area contributed by atoms with Crippen molar-refractivity contribution in [1.82, 2.24) is 15.5 Å². The number of halogens is 2. The molecular weight excluding hydrogens is 417 g/mol. The fourth-order valence-electron chi connectivity index (χ4n) is 3.72. The van der Waals surface area contributed by atoms with Crippen molar-refractivity contribution in [2.75, 3.05) is 53.0 Å². The van der Waals surface area contributed by atoms with E-state index in [2.05, 4.69) is 15.5 Å². The van der Waals surface area contributed by atoms with Crippen molar-refractivity contribution in [1.29, 1.82) is 0 Å². The molecule has 1 fully saturated rings. The molecule has 0 saturated carbocycles. The minimum atomic E-state index is -0.468. The van der Waals surface area contributed by atoms with Gasteiger partial charge in [0.15, 0.2) is 11.5 Å². The molecule has 162 valence electrons. The molecule has 0 aromatic heterocycles. The maximum absolute atomic E-state index is 12.8. The van der Waals surface area contributed by atoms with E-state index in [-0.39, 0.29) is 21.9 Å². The Labute approximate surface area is 181 Å². The third-order valence-corrected chi connectivity index (χ3v) is 6.16. The Bertz CT molecular complexity index is 719. The Balaban J connectivity index is 1.60. The topological polar surface area (TPSA) is 83.1 Å². The molecule has 1 aromatic carbocycles. The van der Waals surface area contributed by atoms with Gasteiger partial charge in [-0.25, -0.2) is 0 Å². The second kappa shape index (κ2) is 10.7. The zero-order valence-corrected chi connectivity index (χ0v) is 18.2. The number of aliphatic hydroxyl groups excluding tert-OH is 1. The number of aliphatic hydroxyl groups is 1. The molecular formula is C20H29Cl2N3O4. The van der Waals surface area contributed by atoms with Crippen LogP contribution in [0.3, 0.4) is 0 Å². The van der Waals surface area contributed by atoms with Gasteiger partial charge in [0.1, 0.15) is 5.02 Å². The van der Waals surface area contributed by atoms with E-state index >= 15 is 0 Å². The summed E-state index contributed by atoms with van der Waals surface area (Å²) < 4.78 is 11.4.